The molecule has 3 rings (SSSR count). The van der Waals surface area contributed by atoms with Gasteiger partial charge in [0.2, 0.25) is 0 Å². The lowest BCUT2D eigenvalue weighted by atomic mass is 9.84. The smallest absolute Gasteiger partial charge is 0.163 e. The number of aliphatic hydroxyl groups is 1. The van der Waals surface area contributed by atoms with Crippen LogP contribution in [-0.4, -0.2) is 40.8 Å². The van der Waals surface area contributed by atoms with E-state index < -0.39 is 11.4 Å². The molecule has 0 amide bonds. The van der Waals surface area contributed by atoms with Crippen LogP contribution in [0.25, 0.3) is 0 Å². The van der Waals surface area contributed by atoms with Crippen molar-refractivity contribution in [2.24, 2.45) is 0 Å². The molecule has 0 aromatic carbocycles. The molecule has 3 saturated heterocycles. The van der Waals surface area contributed by atoms with Crippen LogP contribution in [0.15, 0.2) is 12.7 Å². The summed E-state index contributed by atoms with van der Waals surface area (Å²) in [6.07, 6.45) is 4.03. The fourth-order valence-corrected chi connectivity index (χ4v) is 3.59. The quantitative estimate of drug-likeness (QED) is 0.704. The summed E-state index contributed by atoms with van der Waals surface area (Å²) >= 11 is 0. The first-order valence-corrected chi connectivity index (χ1v) is 6.37. The number of fused-ring (bicyclic) bond motifs is 5. The molecule has 3 aliphatic heterocycles. The van der Waals surface area contributed by atoms with Crippen molar-refractivity contribution in [3.05, 3.63) is 12.7 Å². The summed E-state index contributed by atoms with van der Waals surface area (Å²) < 4.78 is 11.9. The van der Waals surface area contributed by atoms with E-state index in [1.165, 1.54) is 0 Å². The van der Waals surface area contributed by atoms with Gasteiger partial charge in [-0.2, -0.15) is 0 Å². The van der Waals surface area contributed by atoms with Crippen molar-refractivity contribution < 1.29 is 14.6 Å². The summed E-state index contributed by atoms with van der Waals surface area (Å²) in [4.78, 5) is 0. The second-order valence-corrected chi connectivity index (χ2v) is 6.07. The minimum Gasteiger partial charge on any atom is -0.389 e. The molecule has 2 bridgehead atoms. The highest BCUT2D eigenvalue weighted by atomic mass is 16.8. The van der Waals surface area contributed by atoms with Crippen LogP contribution in [0.4, 0.5) is 0 Å². The zero-order chi connectivity index (χ0) is 12.3. The van der Waals surface area contributed by atoms with Crippen LogP contribution >= 0.6 is 0 Å². The number of piperidine rings is 1. The Labute approximate surface area is 102 Å². The topological polar surface area (TPSA) is 50.7 Å². The summed E-state index contributed by atoms with van der Waals surface area (Å²) in [6, 6.07) is 0.399. The number of ether oxygens (including phenoxy) is 2. The molecule has 0 radical (unpaired) electrons. The SMILES string of the molecule is C=CCC1(O)C[C@@H]2N[C@H](C1)[C@H]1OC(C)(C)O[C@H]12. The zero-order valence-electron chi connectivity index (χ0n) is 10.5. The van der Waals surface area contributed by atoms with Crippen LogP contribution in [0.2, 0.25) is 0 Å². The Morgan fingerprint density at radius 3 is 2.29 bits per heavy atom. The maximum absolute atomic E-state index is 10.5. The van der Waals surface area contributed by atoms with Gasteiger partial charge in [0.05, 0.1) is 5.60 Å². The predicted molar refractivity (Wildman–Crippen MR) is 63.5 cm³/mol. The Kier molecular flexibility index (Phi) is 2.43. The molecule has 4 nitrogen and oxygen atoms in total. The van der Waals surface area contributed by atoms with Crippen molar-refractivity contribution in [3.63, 3.8) is 0 Å². The predicted octanol–water partition coefficient (Wildman–Crippen LogP) is 0.948. The Morgan fingerprint density at radius 2 is 1.82 bits per heavy atom. The van der Waals surface area contributed by atoms with Gasteiger partial charge in [-0.1, -0.05) is 6.08 Å². The van der Waals surface area contributed by atoms with Gasteiger partial charge < -0.3 is 19.9 Å². The normalized spacial score (nSPS) is 51.2. The number of hydrogen-bond donors (Lipinski definition) is 2. The summed E-state index contributed by atoms with van der Waals surface area (Å²) in [6.45, 7) is 7.63. The van der Waals surface area contributed by atoms with E-state index >= 15 is 0 Å². The third kappa shape index (κ3) is 1.83. The summed E-state index contributed by atoms with van der Waals surface area (Å²) in [7, 11) is 0. The van der Waals surface area contributed by atoms with E-state index in [4.69, 9.17) is 9.47 Å². The van der Waals surface area contributed by atoms with Crippen molar-refractivity contribution >= 4 is 0 Å². The Morgan fingerprint density at radius 1 is 1.29 bits per heavy atom. The zero-order valence-corrected chi connectivity index (χ0v) is 10.5. The highest BCUT2D eigenvalue weighted by Gasteiger charge is 2.59. The summed E-state index contributed by atoms with van der Waals surface area (Å²) in [5.74, 6) is -0.484. The molecule has 3 aliphatic rings. The molecule has 1 unspecified atom stereocenters. The van der Waals surface area contributed by atoms with Crippen LogP contribution in [0.5, 0.6) is 0 Å². The van der Waals surface area contributed by atoms with E-state index in [1.54, 1.807) is 6.08 Å². The molecule has 3 heterocycles. The molecule has 5 atom stereocenters. The van der Waals surface area contributed by atoms with Gasteiger partial charge in [0.25, 0.3) is 0 Å². The lowest BCUT2D eigenvalue weighted by molar-refractivity contribution is -0.166. The number of nitrogens with one attached hydrogen (secondary N) is 1. The molecule has 2 N–H and O–H groups in total. The molecule has 0 aromatic heterocycles. The molecule has 0 spiro atoms. The lowest BCUT2D eigenvalue weighted by Crippen LogP contribution is -2.52. The van der Waals surface area contributed by atoms with E-state index in [-0.39, 0.29) is 24.3 Å². The van der Waals surface area contributed by atoms with Crippen LogP contribution < -0.4 is 5.32 Å². The van der Waals surface area contributed by atoms with Gasteiger partial charge in [-0.15, -0.1) is 6.58 Å². The third-order valence-corrected chi connectivity index (χ3v) is 4.11. The second kappa shape index (κ2) is 3.54. The summed E-state index contributed by atoms with van der Waals surface area (Å²) in [5, 5.41) is 14.0. The highest BCUT2D eigenvalue weighted by Crippen LogP contribution is 2.44. The van der Waals surface area contributed by atoms with Gasteiger partial charge in [0, 0.05) is 12.1 Å². The molecule has 3 fully saturated rings. The first-order valence-electron chi connectivity index (χ1n) is 6.37. The fourth-order valence-electron chi connectivity index (χ4n) is 3.59. The highest BCUT2D eigenvalue weighted by molar-refractivity contribution is 5.13. The van der Waals surface area contributed by atoms with Crippen molar-refractivity contribution in [3.8, 4) is 0 Å². The van der Waals surface area contributed by atoms with Crippen LogP contribution in [0.3, 0.4) is 0 Å². The van der Waals surface area contributed by atoms with E-state index in [1.807, 2.05) is 13.8 Å². The minimum atomic E-state index is -0.635. The van der Waals surface area contributed by atoms with Gasteiger partial charge >= 0.3 is 0 Å². The maximum atomic E-state index is 10.5. The first-order chi connectivity index (χ1) is 7.92. The average Bonchev–Trinajstić information content (AvgIpc) is 2.63. The largest absolute Gasteiger partial charge is 0.389 e. The average molecular weight is 239 g/mol. The van der Waals surface area contributed by atoms with E-state index in [0.717, 1.165) is 12.8 Å². The van der Waals surface area contributed by atoms with Gasteiger partial charge in [-0.3, -0.25) is 0 Å². The van der Waals surface area contributed by atoms with E-state index in [2.05, 4.69) is 11.9 Å². The van der Waals surface area contributed by atoms with Crippen LogP contribution in [-0.2, 0) is 9.47 Å². The third-order valence-electron chi connectivity index (χ3n) is 4.11. The Hall–Kier alpha value is -0.420. The van der Waals surface area contributed by atoms with Crippen LogP contribution in [0, 0.1) is 0 Å². The van der Waals surface area contributed by atoms with Gasteiger partial charge in [0.15, 0.2) is 5.79 Å². The summed E-state index contributed by atoms with van der Waals surface area (Å²) in [5.41, 5.74) is -0.635. The van der Waals surface area contributed by atoms with Gasteiger partial charge in [-0.25, -0.2) is 0 Å². The molecular weight excluding hydrogens is 218 g/mol. The minimum absolute atomic E-state index is 0.0776. The fraction of sp³-hybridized carbons (Fsp3) is 0.846. The van der Waals surface area contributed by atoms with Crippen molar-refractivity contribution in [2.45, 2.75) is 68.8 Å². The van der Waals surface area contributed by atoms with E-state index in [0.29, 0.717) is 6.42 Å². The van der Waals surface area contributed by atoms with Gasteiger partial charge in [0.1, 0.15) is 12.2 Å². The molecular formula is C13H21NO3. The van der Waals surface area contributed by atoms with Crippen molar-refractivity contribution in [1.82, 2.24) is 5.32 Å². The molecule has 17 heavy (non-hydrogen) atoms. The number of hydrogen-bond acceptors (Lipinski definition) is 4. The van der Waals surface area contributed by atoms with E-state index in [9.17, 15) is 5.11 Å². The standard InChI is InChI=1S/C13H21NO3/c1-4-5-13(15)6-8-10-11(9(7-13)14-8)17-12(2,3)16-10/h4,8-11,14-15H,1,5-7H2,2-3H3/t8-,9+,10-,11+,13?. The molecule has 96 valence electrons. The van der Waals surface area contributed by atoms with Crippen LogP contribution in [0.1, 0.15) is 33.1 Å². The van der Waals surface area contributed by atoms with Gasteiger partial charge in [-0.05, 0) is 33.1 Å². The first kappa shape index (κ1) is 11.7. The monoisotopic (exact) mass is 239 g/mol. The molecule has 0 aliphatic carbocycles. The molecule has 0 aromatic rings. The number of rotatable bonds is 2. The Bertz CT molecular complexity index is 320. The van der Waals surface area contributed by atoms with Crippen molar-refractivity contribution in [1.29, 1.82) is 0 Å². The second-order valence-electron chi connectivity index (χ2n) is 6.07. The lowest BCUT2D eigenvalue weighted by Gasteiger charge is -2.38. The Balaban J connectivity index is 1.80. The van der Waals surface area contributed by atoms with Crippen molar-refractivity contribution in [2.75, 3.05) is 0 Å². The molecule has 0 saturated carbocycles. The maximum Gasteiger partial charge on any atom is 0.163 e. The molecule has 4 heteroatoms.